The molecule has 0 bridgehead atoms. The average Bonchev–Trinajstić information content (AvgIpc) is 2.88. The van der Waals surface area contributed by atoms with Crippen molar-refractivity contribution in [3.8, 4) is 0 Å². The topological polar surface area (TPSA) is 37.4 Å². The first-order valence-corrected chi connectivity index (χ1v) is 11.7. The lowest BCUT2D eigenvalue weighted by Crippen LogP contribution is -2.42. The summed E-state index contributed by atoms with van der Waals surface area (Å²) in [5, 5.41) is 0.586. The second-order valence-corrected chi connectivity index (χ2v) is 9.00. The lowest BCUT2D eigenvalue weighted by molar-refractivity contribution is 0.271. The summed E-state index contributed by atoms with van der Waals surface area (Å²) in [6.45, 7) is 8.24. The van der Waals surface area contributed by atoms with Crippen LogP contribution in [0, 0.1) is 18.6 Å². The molecule has 1 aliphatic heterocycles. The maximum absolute atomic E-state index is 12.6. The monoisotopic (exact) mass is 445 g/mol. The van der Waals surface area contributed by atoms with Gasteiger partial charge in [-0.2, -0.15) is 4.31 Å². The number of aryl methyl sites for hydroxylation is 1. The van der Waals surface area contributed by atoms with E-state index < -0.39 is 21.7 Å². The third kappa shape index (κ3) is 8.03. The van der Waals surface area contributed by atoms with Crippen LogP contribution in [0.2, 0.25) is 0 Å². The summed E-state index contributed by atoms with van der Waals surface area (Å²) in [5.41, 5.74) is 0.604. The van der Waals surface area contributed by atoms with Crippen LogP contribution in [0.1, 0.15) is 52.0 Å². The van der Waals surface area contributed by atoms with Gasteiger partial charge in [-0.25, -0.2) is 17.2 Å². The number of piperidine rings is 1. The van der Waals surface area contributed by atoms with Crippen LogP contribution in [0.3, 0.4) is 0 Å². The molecule has 1 fully saturated rings. The molecule has 0 radical (unpaired) electrons. The molecule has 0 amide bonds. The van der Waals surface area contributed by atoms with Crippen LogP contribution in [0.15, 0.2) is 52.4 Å². The summed E-state index contributed by atoms with van der Waals surface area (Å²) in [5.74, 6) is -1.04. The summed E-state index contributed by atoms with van der Waals surface area (Å²) in [4.78, 5) is 0.364. The van der Waals surface area contributed by atoms with E-state index in [2.05, 4.69) is 0 Å². The van der Waals surface area contributed by atoms with E-state index in [0.717, 1.165) is 25.3 Å². The Labute approximate surface area is 178 Å². The predicted octanol–water partition coefficient (Wildman–Crippen LogP) is 6.46. The number of allylic oxidation sites excluding steroid dienone is 5. The third-order valence-corrected chi connectivity index (χ3v) is 6.73. The second-order valence-electron chi connectivity index (χ2n) is 6.67. The van der Waals surface area contributed by atoms with E-state index >= 15 is 0 Å². The predicted molar refractivity (Wildman–Crippen MR) is 117 cm³/mol. The zero-order valence-corrected chi connectivity index (χ0v) is 19.0. The number of hydrogen-bond acceptors (Lipinski definition) is 2. The molecule has 0 spiro atoms. The van der Waals surface area contributed by atoms with Crippen molar-refractivity contribution in [3.05, 3.63) is 69.6 Å². The van der Waals surface area contributed by atoms with E-state index in [1.807, 2.05) is 20.8 Å². The van der Waals surface area contributed by atoms with Gasteiger partial charge in [-0.3, -0.25) is 0 Å². The lowest BCUT2D eigenvalue weighted by atomic mass is 10.1. The van der Waals surface area contributed by atoms with E-state index in [1.54, 1.807) is 35.5 Å². The quantitative estimate of drug-likeness (QED) is 0.524. The largest absolute Gasteiger partial charge is 0.243 e. The maximum Gasteiger partial charge on any atom is 0.243 e. The van der Waals surface area contributed by atoms with E-state index in [1.165, 1.54) is 12.1 Å². The Morgan fingerprint density at radius 2 is 1.66 bits per heavy atom. The number of rotatable bonds is 2. The van der Waals surface area contributed by atoms with Gasteiger partial charge in [0.2, 0.25) is 10.0 Å². The van der Waals surface area contributed by atoms with Gasteiger partial charge >= 0.3 is 0 Å². The number of sulfonamides is 1. The van der Waals surface area contributed by atoms with Gasteiger partial charge in [0.25, 0.3) is 0 Å². The van der Waals surface area contributed by atoms with E-state index in [4.69, 9.17) is 11.6 Å². The first-order valence-electron chi connectivity index (χ1n) is 9.88. The molecule has 2 aliphatic rings. The molecule has 1 aromatic carbocycles. The van der Waals surface area contributed by atoms with Crippen molar-refractivity contribution >= 4 is 21.6 Å². The van der Waals surface area contributed by atoms with Crippen molar-refractivity contribution in [1.29, 1.82) is 0 Å². The van der Waals surface area contributed by atoms with Gasteiger partial charge in [0.05, 0.1) is 4.91 Å². The molecule has 3 rings (SSSR count). The standard InChI is InChI=1S/C13H18ClNO2S.C7H6F2.C2H6/c1-11-5-2-3-10-15(11)18(16,17)13-7-4-6-12(14)8-9-13;1-5-2-6(8)4-7(9)3-5;1-2/h6-9,11H,2-5,10H2,1H3;2-4H,1H3;1-2H3. The molecule has 1 aromatic rings. The van der Waals surface area contributed by atoms with Crippen LogP contribution in [0.25, 0.3) is 0 Å². The fourth-order valence-corrected chi connectivity index (χ4v) is 4.95. The minimum atomic E-state index is -3.37. The molecule has 7 heteroatoms. The first-order chi connectivity index (χ1) is 13.7. The maximum atomic E-state index is 12.6. The smallest absolute Gasteiger partial charge is 0.207 e. The normalized spacial score (nSPS) is 19.6. The van der Waals surface area contributed by atoms with Crippen molar-refractivity contribution in [1.82, 2.24) is 4.31 Å². The van der Waals surface area contributed by atoms with Gasteiger partial charge in [-0.15, -0.1) is 0 Å². The van der Waals surface area contributed by atoms with Crippen molar-refractivity contribution in [2.75, 3.05) is 6.54 Å². The fraction of sp³-hybridized carbons (Fsp3) is 0.455. The minimum Gasteiger partial charge on any atom is -0.207 e. The summed E-state index contributed by atoms with van der Waals surface area (Å²) >= 11 is 5.88. The molecule has 29 heavy (non-hydrogen) atoms. The number of nitrogens with zero attached hydrogens (tertiary/aromatic N) is 1. The SMILES string of the molecule is CC.CC1CCCCN1S(=O)(=O)C1=CCC=C(Cl)C=C1.Cc1cc(F)cc(F)c1. The van der Waals surface area contributed by atoms with Crippen LogP contribution in [-0.2, 0) is 10.0 Å². The highest BCUT2D eigenvalue weighted by Gasteiger charge is 2.31. The molecular formula is C22H30ClF2NO2S. The Morgan fingerprint density at radius 1 is 1.03 bits per heavy atom. The van der Waals surface area contributed by atoms with Crippen molar-refractivity contribution in [2.24, 2.45) is 0 Å². The molecule has 0 saturated carbocycles. The number of halogens is 3. The molecule has 0 aromatic heterocycles. The van der Waals surface area contributed by atoms with Crippen LogP contribution in [0.4, 0.5) is 8.78 Å². The Hall–Kier alpha value is -1.50. The van der Waals surface area contributed by atoms with E-state index in [9.17, 15) is 17.2 Å². The zero-order valence-electron chi connectivity index (χ0n) is 17.5. The Kier molecular flexibility index (Phi) is 10.8. The van der Waals surface area contributed by atoms with E-state index in [-0.39, 0.29) is 6.04 Å². The summed E-state index contributed by atoms with van der Waals surface area (Å²) in [6, 6.07) is 3.50. The minimum absolute atomic E-state index is 0.0877. The Balaban J connectivity index is 0.000000321. The summed E-state index contributed by atoms with van der Waals surface area (Å²) in [6.07, 6.45) is 10.3. The van der Waals surface area contributed by atoms with Gasteiger partial charge in [0, 0.05) is 23.7 Å². The van der Waals surface area contributed by atoms with Crippen molar-refractivity contribution in [3.63, 3.8) is 0 Å². The first kappa shape index (κ1) is 25.5. The van der Waals surface area contributed by atoms with Crippen molar-refractivity contribution in [2.45, 2.75) is 59.4 Å². The van der Waals surface area contributed by atoms with E-state index in [0.29, 0.717) is 28.5 Å². The molecule has 1 atom stereocenters. The molecule has 0 N–H and O–H groups in total. The molecule has 3 nitrogen and oxygen atoms in total. The zero-order chi connectivity index (χ0) is 22.0. The second kappa shape index (κ2) is 12.3. The van der Waals surface area contributed by atoms with Gasteiger partial charge in [-0.05, 0) is 63.0 Å². The van der Waals surface area contributed by atoms with Gasteiger partial charge in [-0.1, -0.05) is 44.0 Å². The third-order valence-electron chi connectivity index (χ3n) is 4.39. The van der Waals surface area contributed by atoms with Crippen LogP contribution >= 0.6 is 11.6 Å². The number of hydrogen-bond donors (Lipinski definition) is 0. The van der Waals surface area contributed by atoms with Crippen LogP contribution in [-0.4, -0.2) is 25.3 Å². The Morgan fingerprint density at radius 3 is 2.21 bits per heavy atom. The highest BCUT2D eigenvalue weighted by Crippen LogP contribution is 2.26. The molecule has 1 unspecified atom stereocenters. The average molecular weight is 446 g/mol. The molecule has 1 heterocycles. The highest BCUT2D eigenvalue weighted by molar-refractivity contribution is 7.93. The Bertz CT molecular complexity index is 813. The molecule has 1 aliphatic carbocycles. The van der Waals surface area contributed by atoms with Crippen molar-refractivity contribution < 1.29 is 17.2 Å². The highest BCUT2D eigenvalue weighted by atomic mass is 35.5. The summed E-state index contributed by atoms with van der Waals surface area (Å²) < 4.78 is 51.1. The fourth-order valence-electron chi connectivity index (χ4n) is 3.03. The van der Waals surface area contributed by atoms with Gasteiger partial charge < -0.3 is 0 Å². The molecule has 162 valence electrons. The van der Waals surface area contributed by atoms with Crippen LogP contribution < -0.4 is 0 Å². The molecular weight excluding hydrogens is 416 g/mol. The van der Waals surface area contributed by atoms with Gasteiger partial charge in [0.15, 0.2) is 0 Å². The molecule has 1 saturated heterocycles. The lowest BCUT2D eigenvalue weighted by Gasteiger charge is -2.32. The summed E-state index contributed by atoms with van der Waals surface area (Å²) in [7, 11) is -3.37. The number of benzene rings is 1. The van der Waals surface area contributed by atoms with Gasteiger partial charge in [0.1, 0.15) is 11.6 Å². The van der Waals surface area contributed by atoms with Crippen LogP contribution in [0.5, 0.6) is 0 Å².